The number of carbonyl (C=O) groups is 1. The van der Waals surface area contributed by atoms with E-state index in [-0.39, 0.29) is 5.91 Å². The van der Waals surface area contributed by atoms with Gasteiger partial charge in [0.1, 0.15) is 5.82 Å². The standard InChI is InChI=1S/C20H27N3O3/c1-3-4-11-26-17-9-8-15(12-18(17)25-2)20(24)21-13-16-14-23-10-6-5-7-19(23)22-16/h8-9,12,14H,3-7,10-11,13H2,1-2H3,(H,21,24). The Hall–Kier alpha value is -2.50. The fourth-order valence-electron chi connectivity index (χ4n) is 3.08. The Morgan fingerprint density at radius 2 is 2.19 bits per heavy atom. The van der Waals surface area contributed by atoms with Gasteiger partial charge in [0.25, 0.3) is 5.91 Å². The summed E-state index contributed by atoms with van der Waals surface area (Å²) in [5.41, 5.74) is 1.45. The lowest BCUT2D eigenvalue weighted by Crippen LogP contribution is -2.23. The third kappa shape index (κ3) is 4.36. The fourth-order valence-corrected chi connectivity index (χ4v) is 3.08. The minimum atomic E-state index is -0.144. The van der Waals surface area contributed by atoms with Crippen LogP contribution in [-0.4, -0.2) is 29.2 Å². The molecule has 0 spiro atoms. The van der Waals surface area contributed by atoms with Crippen LogP contribution in [0.5, 0.6) is 11.5 Å². The Morgan fingerprint density at radius 3 is 2.96 bits per heavy atom. The number of rotatable bonds is 8. The Bertz CT molecular complexity index is 731. The van der Waals surface area contributed by atoms with Crippen molar-refractivity contribution >= 4 is 5.91 Å². The lowest BCUT2D eigenvalue weighted by Gasteiger charge is -2.12. The highest BCUT2D eigenvalue weighted by Gasteiger charge is 2.14. The van der Waals surface area contributed by atoms with Crippen molar-refractivity contribution in [3.63, 3.8) is 0 Å². The molecule has 1 aromatic carbocycles. The van der Waals surface area contributed by atoms with E-state index in [1.54, 1.807) is 25.3 Å². The van der Waals surface area contributed by atoms with Gasteiger partial charge in [-0.05, 0) is 37.5 Å². The first kappa shape index (κ1) is 18.3. The molecule has 0 saturated carbocycles. The highest BCUT2D eigenvalue weighted by atomic mass is 16.5. The van der Waals surface area contributed by atoms with Gasteiger partial charge >= 0.3 is 0 Å². The maximum absolute atomic E-state index is 12.5. The van der Waals surface area contributed by atoms with Crippen molar-refractivity contribution in [3.05, 3.63) is 41.5 Å². The van der Waals surface area contributed by atoms with Gasteiger partial charge in [-0.25, -0.2) is 4.98 Å². The molecule has 1 aromatic heterocycles. The lowest BCUT2D eigenvalue weighted by molar-refractivity contribution is 0.0950. The van der Waals surface area contributed by atoms with Crippen LogP contribution < -0.4 is 14.8 Å². The van der Waals surface area contributed by atoms with Crippen LogP contribution in [0.2, 0.25) is 0 Å². The zero-order chi connectivity index (χ0) is 18.4. The second kappa shape index (κ2) is 8.74. The predicted molar refractivity (Wildman–Crippen MR) is 99.7 cm³/mol. The Labute approximate surface area is 154 Å². The van der Waals surface area contributed by atoms with Crippen LogP contribution in [0, 0.1) is 0 Å². The molecule has 1 N–H and O–H groups in total. The van der Waals surface area contributed by atoms with Gasteiger partial charge in [0.15, 0.2) is 11.5 Å². The highest BCUT2D eigenvalue weighted by Crippen LogP contribution is 2.28. The third-order valence-electron chi connectivity index (χ3n) is 4.57. The molecule has 0 radical (unpaired) electrons. The van der Waals surface area contributed by atoms with Gasteiger partial charge in [-0.15, -0.1) is 0 Å². The SMILES string of the molecule is CCCCOc1ccc(C(=O)NCc2cn3c(n2)CCCC3)cc1OC. The number of unbranched alkanes of at least 4 members (excludes halogenated alkanes) is 1. The van der Waals surface area contributed by atoms with Crippen molar-refractivity contribution in [1.82, 2.24) is 14.9 Å². The minimum absolute atomic E-state index is 0.144. The molecule has 26 heavy (non-hydrogen) atoms. The zero-order valence-corrected chi connectivity index (χ0v) is 15.6. The summed E-state index contributed by atoms with van der Waals surface area (Å²) >= 11 is 0. The van der Waals surface area contributed by atoms with Gasteiger partial charge in [-0.3, -0.25) is 4.79 Å². The molecular weight excluding hydrogens is 330 g/mol. The molecule has 0 bridgehead atoms. The van der Waals surface area contributed by atoms with Crippen LogP contribution in [0.4, 0.5) is 0 Å². The largest absolute Gasteiger partial charge is 0.493 e. The monoisotopic (exact) mass is 357 g/mol. The number of aromatic nitrogens is 2. The molecule has 0 unspecified atom stereocenters. The molecule has 0 saturated heterocycles. The van der Waals surface area contributed by atoms with Crippen molar-refractivity contribution in [2.45, 2.75) is 52.1 Å². The number of aryl methyl sites for hydroxylation is 2. The van der Waals surface area contributed by atoms with E-state index in [0.29, 0.717) is 30.2 Å². The van der Waals surface area contributed by atoms with E-state index in [2.05, 4.69) is 21.8 Å². The van der Waals surface area contributed by atoms with E-state index in [9.17, 15) is 4.79 Å². The first-order chi connectivity index (χ1) is 12.7. The molecule has 0 aliphatic carbocycles. The van der Waals surface area contributed by atoms with Gasteiger partial charge in [-0.2, -0.15) is 0 Å². The molecule has 6 heteroatoms. The summed E-state index contributed by atoms with van der Waals surface area (Å²) in [5, 5.41) is 2.94. The fraction of sp³-hybridized carbons (Fsp3) is 0.500. The molecule has 1 amide bonds. The van der Waals surface area contributed by atoms with Crippen molar-refractivity contribution in [2.75, 3.05) is 13.7 Å². The summed E-state index contributed by atoms with van der Waals surface area (Å²) in [6.07, 6.45) is 7.50. The average Bonchev–Trinajstić information content (AvgIpc) is 3.09. The molecule has 6 nitrogen and oxygen atoms in total. The third-order valence-corrected chi connectivity index (χ3v) is 4.57. The Morgan fingerprint density at radius 1 is 1.31 bits per heavy atom. The number of benzene rings is 1. The average molecular weight is 357 g/mol. The number of nitrogens with one attached hydrogen (secondary N) is 1. The van der Waals surface area contributed by atoms with Crippen molar-refractivity contribution in [2.24, 2.45) is 0 Å². The van der Waals surface area contributed by atoms with E-state index in [1.165, 1.54) is 12.8 Å². The second-order valence-corrected chi connectivity index (χ2v) is 6.55. The number of imidazole rings is 1. The molecular formula is C20H27N3O3. The van der Waals surface area contributed by atoms with Crippen molar-refractivity contribution in [3.8, 4) is 11.5 Å². The highest BCUT2D eigenvalue weighted by molar-refractivity contribution is 5.94. The maximum atomic E-state index is 12.5. The first-order valence-electron chi connectivity index (χ1n) is 9.35. The zero-order valence-electron chi connectivity index (χ0n) is 15.6. The minimum Gasteiger partial charge on any atom is -0.493 e. The molecule has 1 aliphatic rings. The number of amides is 1. The van der Waals surface area contributed by atoms with E-state index >= 15 is 0 Å². The van der Waals surface area contributed by atoms with Crippen LogP contribution >= 0.6 is 0 Å². The Balaban J connectivity index is 1.61. The van der Waals surface area contributed by atoms with Crippen LogP contribution in [0.1, 0.15) is 54.5 Å². The summed E-state index contributed by atoms with van der Waals surface area (Å²) in [6, 6.07) is 5.27. The summed E-state index contributed by atoms with van der Waals surface area (Å²) in [6.45, 7) is 4.21. The van der Waals surface area contributed by atoms with Gasteiger partial charge < -0.3 is 19.4 Å². The number of nitrogens with zero attached hydrogens (tertiary/aromatic N) is 2. The number of fused-ring (bicyclic) bond motifs is 1. The second-order valence-electron chi connectivity index (χ2n) is 6.55. The molecule has 140 valence electrons. The molecule has 3 rings (SSSR count). The van der Waals surface area contributed by atoms with E-state index in [0.717, 1.165) is 37.3 Å². The van der Waals surface area contributed by atoms with Gasteiger partial charge in [0.2, 0.25) is 0 Å². The van der Waals surface area contributed by atoms with E-state index in [4.69, 9.17) is 9.47 Å². The van der Waals surface area contributed by atoms with Crippen LogP contribution in [0.3, 0.4) is 0 Å². The summed E-state index contributed by atoms with van der Waals surface area (Å²) in [5.74, 6) is 2.22. The number of methoxy groups -OCH3 is 1. The van der Waals surface area contributed by atoms with Crippen molar-refractivity contribution < 1.29 is 14.3 Å². The maximum Gasteiger partial charge on any atom is 0.251 e. The Kier molecular flexibility index (Phi) is 6.15. The molecule has 1 aliphatic heterocycles. The van der Waals surface area contributed by atoms with Gasteiger partial charge in [0.05, 0.1) is 26.0 Å². The summed E-state index contributed by atoms with van der Waals surface area (Å²) in [7, 11) is 1.58. The topological polar surface area (TPSA) is 65.4 Å². The number of ether oxygens (including phenoxy) is 2. The smallest absolute Gasteiger partial charge is 0.251 e. The van der Waals surface area contributed by atoms with Crippen LogP contribution in [-0.2, 0) is 19.5 Å². The number of hydrogen-bond acceptors (Lipinski definition) is 4. The normalized spacial score (nSPS) is 13.2. The molecule has 0 atom stereocenters. The first-order valence-corrected chi connectivity index (χ1v) is 9.35. The van der Waals surface area contributed by atoms with E-state index in [1.807, 2.05) is 6.20 Å². The van der Waals surface area contributed by atoms with Gasteiger partial charge in [-0.1, -0.05) is 13.3 Å². The van der Waals surface area contributed by atoms with E-state index < -0.39 is 0 Å². The quantitative estimate of drug-likeness (QED) is 0.736. The summed E-state index contributed by atoms with van der Waals surface area (Å²) in [4.78, 5) is 17.1. The summed E-state index contributed by atoms with van der Waals surface area (Å²) < 4.78 is 13.3. The van der Waals surface area contributed by atoms with Crippen LogP contribution in [0.25, 0.3) is 0 Å². The lowest BCUT2D eigenvalue weighted by atomic mass is 10.2. The molecule has 0 fully saturated rings. The van der Waals surface area contributed by atoms with Gasteiger partial charge in [0, 0.05) is 24.7 Å². The number of hydrogen-bond donors (Lipinski definition) is 1. The number of carbonyl (C=O) groups excluding carboxylic acids is 1. The molecule has 2 heterocycles. The van der Waals surface area contributed by atoms with Crippen molar-refractivity contribution in [1.29, 1.82) is 0 Å². The molecule has 2 aromatic rings. The predicted octanol–water partition coefficient (Wildman–Crippen LogP) is 3.34. The van der Waals surface area contributed by atoms with Crippen LogP contribution in [0.15, 0.2) is 24.4 Å².